The van der Waals surface area contributed by atoms with E-state index < -0.39 is 0 Å². The van der Waals surface area contributed by atoms with Crippen molar-refractivity contribution >= 4 is 39.9 Å². The van der Waals surface area contributed by atoms with Gasteiger partial charge in [-0.15, -0.1) is 0 Å². The van der Waals surface area contributed by atoms with Gasteiger partial charge in [-0.3, -0.25) is 4.79 Å². The minimum absolute atomic E-state index is 0.286. The van der Waals surface area contributed by atoms with Gasteiger partial charge in [0.15, 0.2) is 0 Å². The number of hydrogen-bond donors (Lipinski definition) is 1. The zero-order valence-corrected chi connectivity index (χ0v) is 18.9. The largest absolute Gasteiger partial charge is 0.493 e. The molecule has 0 saturated heterocycles. The lowest BCUT2D eigenvalue weighted by Crippen LogP contribution is -2.10. The van der Waals surface area contributed by atoms with Crippen LogP contribution < -0.4 is 10.1 Å². The molecule has 1 N–H and O–H groups in total. The lowest BCUT2D eigenvalue weighted by atomic mass is 9.99. The van der Waals surface area contributed by atoms with Crippen LogP contribution >= 0.6 is 11.6 Å². The zero-order valence-electron chi connectivity index (χ0n) is 18.1. The van der Waals surface area contributed by atoms with Crippen molar-refractivity contribution in [3.05, 3.63) is 83.2 Å². The van der Waals surface area contributed by atoms with Gasteiger partial charge in [-0.05, 0) is 50.1 Å². The first kappa shape index (κ1) is 21.7. The first-order valence-electron chi connectivity index (χ1n) is 10.3. The number of carbonyl (C=O) groups excluding carboxylic acids is 1. The molecule has 0 aliphatic rings. The molecule has 0 aliphatic carbocycles. The highest BCUT2D eigenvalue weighted by Crippen LogP contribution is 2.37. The average molecular weight is 447 g/mol. The molecule has 2 heterocycles. The third-order valence-electron chi connectivity index (χ3n) is 5.09. The molecule has 162 valence electrons. The van der Waals surface area contributed by atoms with E-state index in [9.17, 15) is 4.79 Å². The number of nitrogens with one attached hydrogen (secondary N) is 1. The number of aromatic nitrogens is 1. The number of nitrogens with zero attached hydrogens (tertiary/aromatic N) is 1. The van der Waals surface area contributed by atoms with Gasteiger partial charge < -0.3 is 14.5 Å². The summed E-state index contributed by atoms with van der Waals surface area (Å²) in [6.45, 7) is 6.36. The zero-order chi connectivity index (χ0) is 22.7. The molecule has 2 aromatic carbocycles. The standard InChI is InChI=1S/C26H23ClN2O3/c1-4-31-23-13-24-21(22(15-32-24)18-7-5-16(2)6-8-18)12-20(23)17(3)11-26(30)29-25-10-9-19(27)14-28-25/h5-15H,4H2,1-3H3,(H,28,29,30)/b17-11+. The second-order valence-electron chi connectivity index (χ2n) is 7.47. The molecule has 0 unspecified atom stereocenters. The summed E-state index contributed by atoms with van der Waals surface area (Å²) in [5.41, 5.74) is 5.58. The Kier molecular flexibility index (Phi) is 6.28. The maximum Gasteiger partial charge on any atom is 0.249 e. The van der Waals surface area contributed by atoms with Crippen LogP contribution in [0.5, 0.6) is 5.75 Å². The summed E-state index contributed by atoms with van der Waals surface area (Å²) in [7, 11) is 0. The molecular weight excluding hydrogens is 424 g/mol. The minimum atomic E-state index is -0.286. The van der Waals surface area contributed by atoms with Crippen molar-refractivity contribution < 1.29 is 13.9 Å². The molecule has 4 rings (SSSR count). The summed E-state index contributed by atoms with van der Waals surface area (Å²) < 4.78 is 11.7. The number of allylic oxidation sites excluding steroid dienone is 1. The topological polar surface area (TPSA) is 64.4 Å². The fourth-order valence-electron chi connectivity index (χ4n) is 3.48. The summed E-state index contributed by atoms with van der Waals surface area (Å²) >= 11 is 5.85. The number of amides is 1. The molecule has 0 fully saturated rings. The summed E-state index contributed by atoms with van der Waals surface area (Å²) in [5.74, 6) is 0.808. The highest BCUT2D eigenvalue weighted by molar-refractivity contribution is 6.30. The first-order valence-corrected chi connectivity index (χ1v) is 10.7. The van der Waals surface area contributed by atoms with Crippen LogP contribution in [0, 0.1) is 6.92 Å². The Bertz CT molecular complexity index is 1290. The summed E-state index contributed by atoms with van der Waals surface area (Å²) in [6, 6.07) is 15.5. The number of carbonyl (C=O) groups is 1. The quantitative estimate of drug-likeness (QED) is 0.327. The third-order valence-corrected chi connectivity index (χ3v) is 5.31. The Morgan fingerprint density at radius 2 is 1.97 bits per heavy atom. The van der Waals surface area contributed by atoms with Crippen molar-refractivity contribution in [1.29, 1.82) is 0 Å². The molecule has 0 radical (unpaired) electrons. The van der Waals surface area contributed by atoms with Gasteiger partial charge in [0, 0.05) is 34.9 Å². The van der Waals surface area contributed by atoms with Gasteiger partial charge in [0.25, 0.3) is 0 Å². The summed E-state index contributed by atoms with van der Waals surface area (Å²) in [5, 5.41) is 4.22. The predicted molar refractivity (Wildman–Crippen MR) is 129 cm³/mol. The number of rotatable bonds is 6. The van der Waals surface area contributed by atoms with Crippen LogP contribution in [0.15, 0.2) is 71.5 Å². The molecule has 0 atom stereocenters. The molecule has 32 heavy (non-hydrogen) atoms. The molecule has 0 spiro atoms. The number of fused-ring (bicyclic) bond motifs is 1. The Morgan fingerprint density at radius 1 is 1.19 bits per heavy atom. The second-order valence-corrected chi connectivity index (χ2v) is 7.91. The van der Waals surface area contributed by atoms with E-state index in [1.807, 2.05) is 26.0 Å². The fraction of sp³-hybridized carbons (Fsp3) is 0.154. The van der Waals surface area contributed by atoms with Crippen molar-refractivity contribution in [1.82, 2.24) is 4.98 Å². The maximum atomic E-state index is 12.6. The maximum absolute atomic E-state index is 12.6. The van der Waals surface area contributed by atoms with Gasteiger partial charge >= 0.3 is 0 Å². The number of ether oxygens (including phenoxy) is 1. The van der Waals surface area contributed by atoms with Crippen molar-refractivity contribution in [2.75, 3.05) is 11.9 Å². The van der Waals surface area contributed by atoms with E-state index in [0.717, 1.165) is 33.2 Å². The molecule has 0 aliphatic heterocycles. The lowest BCUT2D eigenvalue weighted by molar-refractivity contribution is -0.111. The number of furan rings is 1. The number of anilines is 1. The van der Waals surface area contributed by atoms with Gasteiger partial charge in [0.2, 0.25) is 5.91 Å². The number of hydrogen-bond acceptors (Lipinski definition) is 4. The van der Waals surface area contributed by atoms with Crippen LogP contribution in [0.2, 0.25) is 5.02 Å². The highest BCUT2D eigenvalue weighted by Gasteiger charge is 2.15. The average Bonchev–Trinajstić information content (AvgIpc) is 3.18. The molecule has 5 nitrogen and oxygen atoms in total. The number of benzene rings is 2. The molecule has 6 heteroatoms. The molecular formula is C26H23ClN2O3. The number of pyridine rings is 1. The molecule has 1 amide bonds. The third kappa shape index (κ3) is 4.68. The van der Waals surface area contributed by atoms with Crippen LogP contribution in [0.25, 0.3) is 27.7 Å². The van der Waals surface area contributed by atoms with E-state index in [1.165, 1.54) is 17.8 Å². The summed E-state index contributed by atoms with van der Waals surface area (Å²) in [4.78, 5) is 16.7. The SMILES string of the molecule is CCOc1cc2occ(-c3ccc(C)cc3)c2cc1/C(C)=C/C(=O)Nc1ccc(Cl)cn1. The minimum Gasteiger partial charge on any atom is -0.493 e. The summed E-state index contributed by atoms with van der Waals surface area (Å²) in [6.07, 6.45) is 4.78. The lowest BCUT2D eigenvalue weighted by Gasteiger charge is -2.12. The smallest absolute Gasteiger partial charge is 0.249 e. The Morgan fingerprint density at radius 3 is 2.66 bits per heavy atom. The Hall–Kier alpha value is -3.57. The molecule has 4 aromatic rings. The van der Waals surface area contributed by atoms with Crippen molar-refractivity contribution in [3.8, 4) is 16.9 Å². The number of halogens is 1. The highest BCUT2D eigenvalue weighted by atomic mass is 35.5. The van der Waals surface area contributed by atoms with E-state index in [4.69, 9.17) is 20.8 Å². The first-order chi connectivity index (χ1) is 15.4. The normalized spacial score (nSPS) is 11.6. The van der Waals surface area contributed by atoms with Crippen molar-refractivity contribution in [2.45, 2.75) is 20.8 Å². The molecule has 0 saturated carbocycles. The Balaban J connectivity index is 1.71. The van der Waals surface area contributed by atoms with Gasteiger partial charge in [0.1, 0.15) is 17.2 Å². The van der Waals surface area contributed by atoms with E-state index in [-0.39, 0.29) is 5.91 Å². The van der Waals surface area contributed by atoms with Crippen molar-refractivity contribution in [2.24, 2.45) is 0 Å². The van der Waals surface area contributed by atoms with Crippen LogP contribution in [-0.2, 0) is 4.79 Å². The fourth-order valence-corrected chi connectivity index (χ4v) is 3.59. The van der Waals surface area contributed by atoms with E-state index >= 15 is 0 Å². The Labute approximate surface area is 191 Å². The predicted octanol–water partition coefficient (Wildman–Crippen LogP) is 6.90. The van der Waals surface area contributed by atoms with Crippen molar-refractivity contribution in [3.63, 3.8) is 0 Å². The van der Waals surface area contributed by atoms with Gasteiger partial charge in [-0.2, -0.15) is 0 Å². The molecule has 0 bridgehead atoms. The van der Waals surface area contributed by atoms with E-state index in [1.54, 1.807) is 18.4 Å². The van der Waals surface area contributed by atoms with Crippen LogP contribution in [0.4, 0.5) is 5.82 Å². The van der Waals surface area contributed by atoms with Crippen LogP contribution in [0.1, 0.15) is 25.0 Å². The van der Waals surface area contributed by atoms with Gasteiger partial charge in [-0.25, -0.2) is 4.98 Å². The second kappa shape index (κ2) is 9.28. The monoisotopic (exact) mass is 446 g/mol. The number of aryl methyl sites for hydroxylation is 1. The van der Waals surface area contributed by atoms with Gasteiger partial charge in [-0.1, -0.05) is 41.4 Å². The van der Waals surface area contributed by atoms with Crippen LogP contribution in [0.3, 0.4) is 0 Å². The van der Waals surface area contributed by atoms with Gasteiger partial charge in [0.05, 0.1) is 17.9 Å². The van der Waals surface area contributed by atoms with Crippen LogP contribution in [-0.4, -0.2) is 17.5 Å². The van der Waals surface area contributed by atoms with E-state index in [0.29, 0.717) is 23.2 Å². The molecule has 2 aromatic heterocycles. The van der Waals surface area contributed by atoms with E-state index in [2.05, 4.69) is 41.5 Å².